The molecule has 0 fully saturated rings. The molecule has 0 saturated carbocycles. The van der Waals surface area contributed by atoms with Crippen LogP contribution in [0.25, 0.3) is 0 Å². The summed E-state index contributed by atoms with van der Waals surface area (Å²) in [7, 11) is 0. The van der Waals surface area contributed by atoms with Crippen LogP contribution in [0.15, 0.2) is 40.8 Å². The van der Waals surface area contributed by atoms with Gasteiger partial charge in [0.05, 0.1) is 6.04 Å². The molecule has 2 atom stereocenters. The molecule has 0 saturated heterocycles. The Hall–Kier alpha value is -1.74. The molecule has 0 amide bonds. The minimum Gasteiger partial charge on any atom is -0.465 e. The van der Waals surface area contributed by atoms with Crippen molar-refractivity contribution < 1.29 is 4.42 Å². The van der Waals surface area contributed by atoms with E-state index in [4.69, 9.17) is 10.2 Å². The number of anilines is 1. The van der Waals surface area contributed by atoms with Crippen molar-refractivity contribution >= 4 is 5.69 Å². The Bertz CT molecular complexity index is 590. The van der Waals surface area contributed by atoms with Crippen LogP contribution >= 0.6 is 0 Å². The Morgan fingerprint density at radius 3 is 2.85 bits per heavy atom. The second-order valence-corrected chi connectivity index (χ2v) is 5.72. The highest BCUT2D eigenvalue weighted by Gasteiger charge is 2.25. The van der Waals surface area contributed by atoms with E-state index >= 15 is 0 Å². The summed E-state index contributed by atoms with van der Waals surface area (Å²) < 4.78 is 5.66. The predicted molar refractivity (Wildman–Crippen MR) is 81.9 cm³/mol. The Morgan fingerprint density at radius 2 is 2.10 bits per heavy atom. The maximum Gasteiger partial charge on any atom is 0.122 e. The molecule has 2 N–H and O–H groups in total. The number of furan rings is 1. The lowest BCUT2D eigenvalue weighted by Crippen LogP contribution is -2.41. The van der Waals surface area contributed by atoms with Crippen molar-refractivity contribution in [1.82, 2.24) is 0 Å². The maximum absolute atomic E-state index is 6.32. The summed E-state index contributed by atoms with van der Waals surface area (Å²) in [5.74, 6) is 1.79. The van der Waals surface area contributed by atoms with Crippen LogP contribution in [0.3, 0.4) is 0 Å². The van der Waals surface area contributed by atoms with E-state index in [0.717, 1.165) is 24.5 Å². The van der Waals surface area contributed by atoms with Crippen LogP contribution in [0.2, 0.25) is 0 Å². The number of fused-ring (bicyclic) bond motifs is 1. The van der Waals surface area contributed by atoms with Gasteiger partial charge in [0.1, 0.15) is 11.5 Å². The average Bonchev–Trinajstić information content (AvgIpc) is 2.89. The van der Waals surface area contributed by atoms with E-state index in [9.17, 15) is 0 Å². The summed E-state index contributed by atoms with van der Waals surface area (Å²) in [4.78, 5) is 2.42. The highest BCUT2D eigenvalue weighted by atomic mass is 16.3. The van der Waals surface area contributed by atoms with Gasteiger partial charge in [-0.25, -0.2) is 0 Å². The number of nitrogens with two attached hydrogens (primary N) is 1. The van der Waals surface area contributed by atoms with E-state index in [1.54, 1.807) is 0 Å². The third-order valence-corrected chi connectivity index (χ3v) is 4.18. The van der Waals surface area contributed by atoms with Crippen molar-refractivity contribution in [3.8, 4) is 0 Å². The molecule has 3 heteroatoms. The van der Waals surface area contributed by atoms with Gasteiger partial charge in [-0.05, 0) is 50.5 Å². The smallest absolute Gasteiger partial charge is 0.122 e. The topological polar surface area (TPSA) is 42.4 Å². The van der Waals surface area contributed by atoms with E-state index in [2.05, 4.69) is 36.1 Å². The molecule has 3 rings (SSSR count). The number of benzene rings is 1. The van der Waals surface area contributed by atoms with E-state index in [0.29, 0.717) is 6.04 Å². The molecule has 20 heavy (non-hydrogen) atoms. The molecule has 106 valence electrons. The van der Waals surface area contributed by atoms with Gasteiger partial charge in [0.2, 0.25) is 0 Å². The molecule has 2 heterocycles. The van der Waals surface area contributed by atoms with Gasteiger partial charge in [-0.2, -0.15) is 0 Å². The van der Waals surface area contributed by atoms with Gasteiger partial charge in [-0.3, -0.25) is 0 Å². The summed E-state index contributed by atoms with van der Waals surface area (Å²) in [6.45, 7) is 5.02. The Labute approximate surface area is 120 Å². The summed E-state index contributed by atoms with van der Waals surface area (Å²) in [6.07, 6.45) is 2.34. The number of rotatable bonds is 3. The standard InChI is InChI=1S/C17H22N2O/c1-12-7-9-14-5-3-4-6-16(14)19(12)11-15(18)17-10-8-13(2)20-17/h3-6,8,10,12,15H,7,9,11,18H2,1-2H3. The van der Waals surface area contributed by atoms with Gasteiger partial charge in [-0.15, -0.1) is 0 Å². The maximum atomic E-state index is 6.32. The number of hydrogen-bond donors (Lipinski definition) is 1. The van der Waals surface area contributed by atoms with E-state index in [-0.39, 0.29) is 6.04 Å². The van der Waals surface area contributed by atoms with Gasteiger partial charge in [0, 0.05) is 18.3 Å². The van der Waals surface area contributed by atoms with Gasteiger partial charge >= 0.3 is 0 Å². The highest BCUT2D eigenvalue weighted by molar-refractivity contribution is 5.56. The number of hydrogen-bond acceptors (Lipinski definition) is 3. The van der Waals surface area contributed by atoms with E-state index < -0.39 is 0 Å². The minimum absolute atomic E-state index is 0.0858. The third kappa shape index (κ3) is 2.46. The molecule has 1 aliphatic heterocycles. The molecule has 0 aliphatic carbocycles. The van der Waals surface area contributed by atoms with Crippen LogP contribution in [-0.4, -0.2) is 12.6 Å². The van der Waals surface area contributed by atoms with Crippen LogP contribution in [0.1, 0.15) is 36.5 Å². The molecule has 0 spiro atoms. The summed E-state index contributed by atoms with van der Waals surface area (Å²) in [5, 5.41) is 0. The van der Waals surface area contributed by atoms with Crippen molar-refractivity contribution in [1.29, 1.82) is 0 Å². The molecule has 3 nitrogen and oxygen atoms in total. The number of nitrogens with zero attached hydrogens (tertiary/aromatic N) is 1. The first-order valence-corrected chi connectivity index (χ1v) is 7.31. The number of para-hydroxylation sites is 1. The van der Waals surface area contributed by atoms with Crippen LogP contribution in [0.4, 0.5) is 5.69 Å². The van der Waals surface area contributed by atoms with Gasteiger partial charge in [-0.1, -0.05) is 18.2 Å². The van der Waals surface area contributed by atoms with Crippen molar-refractivity contribution in [3.63, 3.8) is 0 Å². The van der Waals surface area contributed by atoms with Crippen molar-refractivity contribution in [3.05, 3.63) is 53.5 Å². The fraction of sp³-hybridized carbons (Fsp3) is 0.412. The molecular weight excluding hydrogens is 248 g/mol. The van der Waals surface area contributed by atoms with Gasteiger partial charge in [0.15, 0.2) is 0 Å². The fourth-order valence-electron chi connectivity index (χ4n) is 2.99. The molecular formula is C17H22N2O. The summed E-state index contributed by atoms with van der Waals surface area (Å²) in [5.41, 5.74) is 9.07. The molecule has 2 unspecified atom stereocenters. The minimum atomic E-state index is -0.0858. The molecule has 0 radical (unpaired) electrons. The monoisotopic (exact) mass is 270 g/mol. The Kier molecular flexibility index (Phi) is 3.53. The van der Waals surface area contributed by atoms with E-state index in [1.807, 2.05) is 19.1 Å². The van der Waals surface area contributed by atoms with E-state index in [1.165, 1.54) is 17.7 Å². The lowest BCUT2D eigenvalue weighted by molar-refractivity contribution is 0.432. The first-order valence-electron chi connectivity index (χ1n) is 7.31. The van der Waals surface area contributed by atoms with Crippen molar-refractivity contribution in [2.45, 2.75) is 38.8 Å². The zero-order valence-electron chi connectivity index (χ0n) is 12.2. The van der Waals surface area contributed by atoms with Crippen LogP contribution in [-0.2, 0) is 6.42 Å². The number of aryl methyl sites for hydroxylation is 2. The summed E-state index contributed by atoms with van der Waals surface area (Å²) in [6, 6.07) is 13.0. The highest BCUT2D eigenvalue weighted by Crippen LogP contribution is 2.31. The van der Waals surface area contributed by atoms with Crippen molar-refractivity contribution in [2.24, 2.45) is 5.73 Å². The van der Waals surface area contributed by atoms with Gasteiger partial charge in [0.25, 0.3) is 0 Å². The second kappa shape index (κ2) is 5.33. The second-order valence-electron chi connectivity index (χ2n) is 5.72. The van der Waals surface area contributed by atoms with Crippen LogP contribution < -0.4 is 10.6 Å². The zero-order valence-corrected chi connectivity index (χ0v) is 12.2. The normalized spacial score (nSPS) is 19.8. The lowest BCUT2D eigenvalue weighted by Gasteiger charge is -2.38. The molecule has 1 aliphatic rings. The van der Waals surface area contributed by atoms with Gasteiger partial charge < -0.3 is 15.1 Å². The third-order valence-electron chi connectivity index (χ3n) is 4.18. The molecule has 1 aromatic carbocycles. The fourth-order valence-corrected chi connectivity index (χ4v) is 2.99. The average molecular weight is 270 g/mol. The Balaban J connectivity index is 1.83. The zero-order chi connectivity index (χ0) is 14.1. The van der Waals surface area contributed by atoms with Crippen LogP contribution in [0, 0.1) is 6.92 Å². The predicted octanol–water partition coefficient (Wildman–Crippen LogP) is 3.43. The Morgan fingerprint density at radius 1 is 1.30 bits per heavy atom. The quantitative estimate of drug-likeness (QED) is 0.929. The lowest BCUT2D eigenvalue weighted by atomic mass is 9.96. The first-order chi connectivity index (χ1) is 9.65. The molecule has 2 aromatic rings. The molecule has 1 aromatic heterocycles. The first kappa shape index (κ1) is 13.3. The largest absolute Gasteiger partial charge is 0.465 e. The van der Waals surface area contributed by atoms with Crippen LogP contribution in [0.5, 0.6) is 0 Å². The SMILES string of the molecule is Cc1ccc(C(N)CN2c3ccccc3CCC2C)o1. The molecule has 0 bridgehead atoms. The van der Waals surface area contributed by atoms with Crippen molar-refractivity contribution in [2.75, 3.05) is 11.4 Å². The summed E-state index contributed by atoms with van der Waals surface area (Å²) >= 11 is 0.